The maximum absolute atomic E-state index is 11.6. The minimum Gasteiger partial charge on any atom is -0.385 e. The Morgan fingerprint density at radius 1 is 1.11 bits per heavy atom. The fraction of sp³-hybridized carbons (Fsp3) is 1.00. The van der Waals surface area contributed by atoms with E-state index in [1.165, 1.54) is 12.8 Å². The van der Waals surface area contributed by atoms with E-state index in [2.05, 4.69) is 10.0 Å². The Kier molecular flexibility index (Phi) is 7.81. The number of nitrogens with one attached hydrogen (secondary N) is 2. The molecular formula is C12H26N2O3S. The lowest BCUT2D eigenvalue weighted by atomic mass is 10.3. The van der Waals surface area contributed by atoms with E-state index in [4.69, 9.17) is 4.74 Å². The summed E-state index contributed by atoms with van der Waals surface area (Å²) < 4.78 is 30.8. The molecule has 6 heteroatoms. The summed E-state index contributed by atoms with van der Waals surface area (Å²) in [5.74, 6) is 0.240. The van der Waals surface area contributed by atoms with Gasteiger partial charge in [-0.25, -0.2) is 13.1 Å². The number of hydrogen-bond donors (Lipinski definition) is 2. The van der Waals surface area contributed by atoms with Crippen molar-refractivity contribution in [3.63, 3.8) is 0 Å². The quantitative estimate of drug-likeness (QED) is 0.520. The molecule has 2 N–H and O–H groups in total. The molecular weight excluding hydrogens is 252 g/mol. The average molecular weight is 278 g/mol. The number of ether oxygens (including phenoxy) is 1. The zero-order valence-electron chi connectivity index (χ0n) is 11.3. The third-order valence-corrected chi connectivity index (χ3v) is 4.42. The molecule has 0 aromatic heterocycles. The molecule has 5 nitrogen and oxygen atoms in total. The van der Waals surface area contributed by atoms with Gasteiger partial charge in [-0.3, -0.25) is 0 Å². The topological polar surface area (TPSA) is 67.4 Å². The first-order chi connectivity index (χ1) is 8.64. The summed E-state index contributed by atoms with van der Waals surface area (Å²) in [4.78, 5) is 0. The molecule has 0 bridgehead atoms. The van der Waals surface area contributed by atoms with Crippen LogP contribution in [0.25, 0.3) is 0 Å². The van der Waals surface area contributed by atoms with E-state index in [0.29, 0.717) is 19.2 Å². The van der Waals surface area contributed by atoms with Crippen molar-refractivity contribution in [2.24, 2.45) is 0 Å². The SMILES string of the molecule is COCCCCNS(=O)(=O)CCCCNC1CC1. The number of unbranched alkanes of at least 4 members (excludes halogenated alkanes) is 2. The van der Waals surface area contributed by atoms with Crippen molar-refractivity contribution in [2.75, 3.05) is 32.6 Å². The van der Waals surface area contributed by atoms with E-state index >= 15 is 0 Å². The smallest absolute Gasteiger partial charge is 0.211 e. The van der Waals surface area contributed by atoms with Crippen LogP contribution in [0.15, 0.2) is 0 Å². The van der Waals surface area contributed by atoms with Crippen molar-refractivity contribution in [3.05, 3.63) is 0 Å². The molecule has 0 unspecified atom stereocenters. The molecule has 0 aromatic carbocycles. The van der Waals surface area contributed by atoms with Crippen LogP contribution in [0.3, 0.4) is 0 Å². The Morgan fingerprint density at radius 2 is 1.83 bits per heavy atom. The molecule has 1 saturated carbocycles. The van der Waals surface area contributed by atoms with Crippen LogP contribution in [-0.4, -0.2) is 47.0 Å². The molecule has 0 saturated heterocycles. The molecule has 108 valence electrons. The first-order valence-corrected chi connectivity index (χ1v) is 8.49. The summed E-state index contributed by atoms with van der Waals surface area (Å²) in [6.07, 6.45) is 5.94. The highest BCUT2D eigenvalue weighted by molar-refractivity contribution is 7.89. The summed E-state index contributed by atoms with van der Waals surface area (Å²) in [6.45, 7) is 2.15. The molecule has 1 rings (SSSR count). The van der Waals surface area contributed by atoms with E-state index in [9.17, 15) is 8.42 Å². The first kappa shape index (κ1) is 15.9. The molecule has 0 aromatic rings. The van der Waals surface area contributed by atoms with Crippen molar-refractivity contribution in [1.82, 2.24) is 10.0 Å². The lowest BCUT2D eigenvalue weighted by Gasteiger charge is -2.07. The van der Waals surface area contributed by atoms with E-state index in [1.807, 2.05) is 0 Å². The summed E-state index contributed by atoms with van der Waals surface area (Å²) in [6, 6.07) is 0.709. The van der Waals surface area contributed by atoms with E-state index in [1.54, 1.807) is 7.11 Å². The summed E-state index contributed by atoms with van der Waals surface area (Å²) >= 11 is 0. The van der Waals surface area contributed by atoms with Crippen LogP contribution in [0.4, 0.5) is 0 Å². The molecule has 0 aliphatic heterocycles. The van der Waals surface area contributed by atoms with Crippen molar-refractivity contribution < 1.29 is 13.2 Å². The normalized spacial score (nSPS) is 16.1. The highest BCUT2D eigenvalue weighted by Crippen LogP contribution is 2.18. The van der Waals surface area contributed by atoms with Crippen LogP contribution >= 0.6 is 0 Å². The third kappa shape index (κ3) is 8.85. The standard InChI is InChI=1S/C12H26N2O3S/c1-17-10-4-2-9-14-18(15,16)11-5-3-8-13-12-6-7-12/h12-14H,2-11H2,1H3. The van der Waals surface area contributed by atoms with E-state index < -0.39 is 10.0 Å². The average Bonchev–Trinajstić information content (AvgIpc) is 3.12. The molecule has 0 radical (unpaired) electrons. The highest BCUT2D eigenvalue weighted by atomic mass is 32.2. The zero-order valence-corrected chi connectivity index (χ0v) is 12.1. The second kappa shape index (κ2) is 8.85. The van der Waals surface area contributed by atoms with E-state index in [0.717, 1.165) is 32.2 Å². The monoisotopic (exact) mass is 278 g/mol. The van der Waals surface area contributed by atoms with Gasteiger partial charge in [-0.2, -0.15) is 0 Å². The number of rotatable bonds is 12. The summed E-state index contributed by atoms with van der Waals surface area (Å²) in [7, 11) is -1.42. The maximum Gasteiger partial charge on any atom is 0.211 e. The molecule has 0 spiro atoms. The summed E-state index contributed by atoms with van der Waals surface area (Å²) in [5.41, 5.74) is 0. The second-order valence-electron chi connectivity index (χ2n) is 4.85. The lowest BCUT2D eigenvalue weighted by Crippen LogP contribution is -2.28. The van der Waals surface area contributed by atoms with Crippen LogP contribution in [0.5, 0.6) is 0 Å². The van der Waals surface area contributed by atoms with Crippen LogP contribution in [0, 0.1) is 0 Å². The lowest BCUT2D eigenvalue weighted by molar-refractivity contribution is 0.193. The largest absolute Gasteiger partial charge is 0.385 e. The van der Waals surface area contributed by atoms with Gasteiger partial charge >= 0.3 is 0 Å². The molecule has 0 atom stereocenters. The zero-order chi connectivity index (χ0) is 13.3. The van der Waals surface area contributed by atoms with Crippen LogP contribution < -0.4 is 10.0 Å². The van der Waals surface area contributed by atoms with Crippen molar-refractivity contribution in [1.29, 1.82) is 0 Å². The van der Waals surface area contributed by atoms with Crippen LogP contribution in [0.1, 0.15) is 38.5 Å². The predicted octanol–water partition coefficient (Wildman–Crippen LogP) is 0.865. The molecule has 18 heavy (non-hydrogen) atoms. The Balaban J connectivity index is 1.92. The molecule has 1 fully saturated rings. The van der Waals surface area contributed by atoms with Gasteiger partial charge in [0.2, 0.25) is 10.0 Å². The fourth-order valence-electron chi connectivity index (χ4n) is 1.68. The van der Waals surface area contributed by atoms with Gasteiger partial charge in [0.25, 0.3) is 0 Å². The number of hydrogen-bond acceptors (Lipinski definition) is 4. The predicted molar refractivity (Wildman–Crippen MR) is 73.2 cm³/mol. The minimum absolute atomic E-state index is 0.240. The van der Waals surface area contributed by atoms with Gasteiger partial charge < -0.3 is 10.1 Å². The molecule has 1 aliphatic carbocycles. The van der Waals surface area contributed by atoms with E-state index in [-0.39, 0.29) is 5.75 Å². The van der Waals surface area contributed by atoms with Gasteiger partial charge in [0.15, 0.2) is 0 Å². The number of sulfonamides is 1. The van der Waals surface area contributed by atoms with Crippen molar-refractivity contribution in [2.45, 2.75) is 44.6 Å². The van der Waals surface area contributed by atoms with Gasteiger partial charge in [0, 0.05) is 26.3 Å². The maximum atomic E-state index is 11.6. The van der Waals surface area contributed by atoms with Gasteiger partial charge in [-0.15, -0.1) is 0 Å². The van der Waals surface area contributed by atoms with Gasteiger partial charge in [0.05, 0.1) is 5.75 Å². The fourth-order valence-corrected chi connectivity index (χ4v) is 2.87. The second-order valence-corrected chi connectivity index (χ2v) is 6.78. The Labute approximate surface area is 111 Å². The Bertz CT molecular complexity index is 302. The van der Waals surface area contributed by atoms with Gasteiger partial charge in [-0.1, -0.05) is 0 Å². The Hall–Kier alpha value is -0.170. The molecule has 0 heterocycles. The molecule has 1 aliphatic rings. The van der Waals surface area contributed by atoms with Gasteiger partial charge in [0.1, 0.15) is 0 Å². The Morgan fingerprint density at radius 3 is 2.50 bits per heavy atom. The minimum atomic E-state index is -3.07. The van der Waals surface area contributed by atoms with Crippen molar-refractivity contribution in [3.8, 4) is 0 Å². The number of methoxy groups -OCH3 is 1. The highest BCUT2D eigenvalue weighted by Gasteiger charge is 2.19. The van der Waals surface area contributed by atoms with Crippen LogP contribution in [-0.2, 0) is 14.8 Å². The van der Waals surface area contributed by atoms with Gasteiger partial charge in [-0.05, 0) is 45.1 Å². The van der Waals surface area contributed by atoms with Crippen LogP contribution in [0.2, 0.25) is 0 Å². The molecule has 0 amide bonds. The van der Waals surface area contributed by atoms with Crippen molar-refractivity contribution >= 4 is 10.0 Å². The third-order valence-electron chi connectivity index (χ3n) is 2.95. The summed E-state index contributed by atoms with van der Waals surface area (Å²) in [5, 5.41) is 3.38. The first-order valence-electron chi connectivity index (χ1n) is 6.84.